The molecule has 1 heterocycles. The number of nitrogens with one attached hydrogen (secondary N) is 2. The molecule has 0 radical (unpaired) electrons. The van der Waals surface area contributed by atoms with Crippen molar-refractivity contribution in [1.29, 1.82) is 0 Å². The molecule has 0 bridgehead atoms. The number of para-hydroxylation sites is 1. The zero-order valence-electron chi connectivity index (χ0n) is 12.9. The maximum Gasteiger partial charge on any atom is 0.227 e. The molecule has 5 nitrogen and oxygen atoms in total. The van der Waals surface area contributed by atoms with Crippen LogP contribution in [0.3, 0.4) is 0 Å². The van der Waals surface area contributed by atoms with Crippen LogP contribution in [-0.2, 0) is 9.59 Å². The molecule has 1 fully saturated rings. The van der Waals surface area contributed by atoms with Gasteiger partial charge in [0.05, 0.1) is 0 Å². The van der Waals surface area contributed by atoms with Gasteiger partial charge in [0.1, 0.15) is 0 Å². The average molecular weight is 326 g/mol. The highest BCUT2D eigenvalue weighted by Gasteiger charge is 2.26. The Labute approximate surface area is 137 Å². The number of hydrogen-bond donors (Lipinski definition) is 2. The summed E-state index contributed by atoms with van der Waals surface area (Å²) in [7, 11) is 1.84. The van der Waals surface area contributed by atoms with Crippen LogP contribution in [0.1, 0.15) is 19.3 Å². The van der Waals surface area contributed by atoms with Gasteiger partial charge in [-0.2, -0.15) is 0 Å². The first-order chi connectivity index (χ1) is 10.2. The van der Waals surface area contributed by atoms with Gasteiger partial charge in [0.25, 0.3) is 0 Å². The number of likely N-dealkylation sites (tertiary alicyclic amines) is 1. The number of hydrogen-bond acceptors (Lipinski definition) is 3. The van der Waals surface area contributed by atoms with Gasteiger partial charge in [0.15, 0.2) is 0 Å². The molecule has 1 aromatic rings. The Kier molecular flexibility index (Phi) is 7.91. The molecule has 0 aliphatic carbocycles. The molecule has 1 aromatic carbocycles. The number of nitrogens with zero attached hydrogens (tertiary/aromatic N) is 1. The van der Waals surface area contributed by atoms with Crippen LogP contribution in [-0.4, -0.2) is 43.4 Å². The Bertz CT molecular complexity index is 474. The van der Waals surface area contributed by atoms with Crippen molar-refractivity contribution >= 4 is 29.9 Å². The van der Waals surface area contributed by atoms with Gasteiger partial charge < -0.3 is 15.5 Å². The summed E-state index contributed by atoms with van der Waals surface area (Å²) >= 11 is 0. The smallest absolute Gasteiger partial charge is 0.227 e. The van der Waals surface area contributed by atoms with Crippen molar-refractivity contribution in [3.8, 4) is 0 Å². The molecule has 0 atom stereocenters. The number of rotatable bonds is 5. The van der Waals surface area contributed by atoms with Gasteiger partial charge in [-0.25, -0.2) is 0 Å². The summed E-state index contributed by atoms with van der Waals surface area (Å²) in [6, 6.07) is 9.49. The summed E-state index contributed by atoms with van der Waals surface area (Å²) in [6.45, 7) is 2.05. The molecule has 22 heavy (non-hydrogen) atoms. The molecule has 2 rings (SSSR count). The maximum atomic E-state index is 12.2. The largest absolute Gasteiger partial charge is 0.343 e. The molecule has 6 heteroatoms. The van der Waals surface area contributed by atoms with Gasteiger partial charge in [0.2, 0.25) is 11.8 Å². The number of benzene rings is 1. The quantitative estimate of drug-likeness (QED) is 0.869. The summed E-state index contributed by atoms with van der Waals surface area (Å²) < 4.78 is 0. The van der Waals surface area contributed by atoms with Gasteiger partial charge in [-0.05, 0) is 32.0 Å². The fourth-order valence-corrected chi connectivity index (χ4v) is 2.55. The van der Waals surface area contributed by atoms with Crippen molar-refractivity contribution in [2.75, 3.05) is 32.0 Å². The summed E-state index contributed by atoms with van der Waals surface area (Å²) in [5.41, 5.74) is 0.829. The highest BCUT2D eigenvalue weighted by atomic mass is 35.5. The lowest BCUT2D eigenvalue weighted by Gasteiger charge is -2.31. The zero-order chi connectivity index (χ0) is 15.1. The molecule has 0 saturated carbocycles. The molecule has 0 spiro atoms. The van der Waals surface area contributed by atoms with Crippen LogP contribution in [0.2, 0.25) is 0 Å². The van der Waals surface area contributed by atoms with E-state index < -0.39 is 0 Å². The van der Waals surface area contributed by atoms with Crippen molar-refractivity contribution in [3.63, 3.8) is 0 Å². The highest BCUT2D eigenvalue weighted by molar-refractivity contribution is 5.92. The van der Waals surface area contributed by atoms with Crippen LogP contribution in [0.5, 0.6) is 0 Å². The summed E-state index contributed by atoms with van der Waals surface area (Å²) in [6.07, 6.45) is 2.01. The first-order valence-electron chi connectivity index (χ1n) is 7.49. The minimum absolute atomic E-state index is 0. The predicted molar refractivity (Wildman–Crippen MR) is 90.2 cm³/mol. The minimum atomic E-state index is -0.00134. The number of piperidine rings is 1. The van der Waals surface area contributed by atoms with E-state index in [9.17, 15) is 9.59 Å². The van der Waals surface area contributed by atoms with E-state index in [-0.39, 0.29) is 30.1 Å². The Balaban J connectivity index is 0.00000242. The Hall–Kier alpha value is -1.59. The van der Waals surface area contributed by atoms with Crippen molar-refractivity contribution in [2.24, 2.45) is 5.92 Å². The summed E-state index contributed by atoms with van der Waals surface area (Å²) in [5.74, 6) is 0.230. The topological polar surface area (TPSA) is 61.4 Å². The van der Waals surface area contributed by atoms with Crippen LogP contribution in [0.25, 0.3) is 0 Å². The molecule has 0 aromatic heterocycles. The third-order valence-electron chi connectivity index (χ3n) is 3.85. The van der Waals surface area contributed by atoms with E-state index in [0.29, 0.717) is 26.1 Å². The molecule has 1 saturated heterocycles. The maximum absolute atomic E-state index is 12.2. The Morgan fingerprint density at radius 3 is 2.41 bits per heavy atom. The van der Waals surface area contributed by atoms with Crippen LogP contribution in [0.15, 0.2) is 30.3 Å². The molecular formula is C16H24ClN3O2. The lowest BCUT2D eigenvalue weighted by atomic mass is 9.95. The highest BCUT2D eigenvalue weighted by Crippen LogP contribution is 2.20. The van der Waals surface area contributed by atoms with Crippen molar-refractivity contribution in [1.82, 2.24) is 10.2 Å². The van der Waals surface area contributed by atoms with Crippen molar-refractivity contribution < 1.29 is 9.59 Å². The first-order valence-corrected chi connectivity index (χ1v) is 7.49. The molecule has 2 amide bonds. The van der Waals surface area contributed by atoms with Crippen molar-refractivity contribution in [3.05, 3.63) is 30.3 Å². The fourth-order valence-electron chi connectivity index (χ4n) is 2.55. The molecule has 0 unspecified atom stereocenters. The summed E-state index contributed by atoms with van der Waals surface area (Å²) in [4.78, 5) is 26.0. The molecule has 1 aliphatic heterocycles. The van der Waals surface area contributed by atoms with Gasteiger partial charge in [-0.1, -0.05) is 18.2 Å². The second-order valence-corrected chi connectivity index (χ2v) is 5.36. The first kappa shape index (κ1) is 18.5. The van der Waals surface area contributed by atoms with E-state index in [1.54, 1.807) is 0 Å². The molecule has 2 N–H and O–H groups in total. The Morgan fingerprint density at radius 1 is 1.18 bits per heavy atom. The second kappa shape index (κ2) is 9.43. The predicted octanol–water partition coefficient (Wildman–Crippen LogP) is 1.89. The lowest BCUT2D eigenvalue weighted by molar-refractivity contribution is -0.134. The Morgan fingerprint density at radius 2 is 1.82 bits per heavy atom. The molecule has 1 aliphatic rings. The summed E-state index contributed by atoms with van der Waals surface area (Å²) in [5, 5.41) is 5.92. The SMILES string of the molecule is CNCCC(=O)N1CCC(C(=O)Nc2ccccc2)CC1.Cl. The van der Waals surface area contributed by atoms with Gasteiger partial charge in [-0.3, -0.25) is 9.59 Å². The standard InChI is InChI=1S/C16H23N3O2.ClH/c1-17-10-7-15(20)19-11-8-13(9-12-19)16(21)18-14-5-3-2-4-6-14;/h2-6,13,17H,7-12H2,1H3,(H,18,21);1H. The molecular weight excluding hydrogens is 302 g/mol. The van der Waals surface area contributed by atoms with Gasteiger partial charge in [0, 0.05) is 37.7 Å². The zero-order valence-corrected chi connectivity index (χ0v) is 13.7. The minimum Gasteiger partial charge on any atom is -0.343 e. The lowest BCUT2D eigenvalue weighted by Crippen LogP contribution is -2.42. The second-order valence-electron chi connectivity index (χ2n) is 5.36. The average Bonchev–Trinajstić information content (AvgIpc) is 2.53. The number of halogens is 1. The monoisotopic (exact) mass is 325 g/mol. The van der Waals surface area contributed by atoms with E-state index in [4.69, 9.17) is 0 Å². The van der Waals surface area contributed by atoms with E-state index in [0.717, 1.165) is 18.5 Å². The van der Waals surface area contributed by atoms with Crippen LogP contribution < -0.4 is 10.6 Å². The van der Waals surface area contributed by atoms with Crippen LogP contribution in [0, 0.1) is 5.92 Å². The molecule has 122 valence electrons. The number of carbonyl (C=O) groups is 2. The van der Waals surface area contributed by atoms with E-state index in [1.165, 1.54) is 0 Å². The van der Waals surface area contributed by atoms with Crippen LogP contribution in [0.4, 0.5) is 5.69 Å². The number of anilines is 1. The number of amides is 2. The van der Waals surface area contributed by atoms with E-state index in [1.807, 2.05) is 42.3 Å². The van der Waals surface area contributed by atoms with E-state index >= 15 is 0 Å². The number of carbonyl (C=O) groups excluding carboxylic acids is 2. The van der Waals surface area contributed by atoms with E-state index in [2.05, 4.69) is 10.6 Å². The normalized spacial score (nSPS) is 15.0. The third-order valence-corrected chi connectivity index (χ3v) is 3.85. The van der Waals surface area contributed by atoms with Gasteiger partial charge in [-0.15, -0.1) is 12.4 Å². The fraction of sp³-hybridized carbons (Fsp3) is 0.500. The third kappa shape index (κ3) is 5.31. The van der Waals surface area contributed by atoms with Gasteiger partial charge >= 0.3 is 0 Å². The van der Waals surface area contributed by atoms with Crippen LogP contribution >= 0.6 is 12.4 Å². The van der Waals surface area contributed by atoms with Crippen molar-refractivity contribution in [2.45, 2.75) is 19.3 Å².